The van der Waals surface area contributed by atoms with Crippen LogP contribution in [0.3, 0.4) is 0 Å². The summed E-state index contributed by atoms with van der Waals surface area (Å²) in [7, 11) is 0. The van der Waals surface area contributed by atoms with Gasteiger partial charge >= 0.3 is 0 Å². The number of aromatic nitrogens is 2. The Morgan fingerprint density at radius 3 is 2.47 bits per heavy atom. The smallest absolute Gasteiger partial charge is 0.277 e. The van der Waals surface area contributed by atoms with E-state index in [2.05, 4.69) is 22.4 Å². The summed E-state index contributed by atoms with van der Waals surface area (Å²) in [5.41, 5.74) is 2.01. The van der Waals surface area contributed by atoms with Crippen LogP contribution >= 0.6 is 23.4 Å². The van der Waals surface area contributed by atoms with Crippen molar-refractivity contribution in [3.8, 4) is 11.5 Å². The van der Waals surface area contributed by atoms with Crippen molar-refractivity contribution < 1.29 is 14.0 Å². The largest absolute Gasteiger partial charge is 0.411 e. The van der Waals surface area contributed by atoms with Gasteiger partial charge in [-0.3, -0.25) is 9.59 Å². The normalized spacial score (nSPS) is 10.7. The van der Waals surface area contributed by atoms with Crippen molar-refractivity contribution in [2.45, 2.75) is 37.8 Å². The van der Waals surface area contributed by atoms with Crippen molar-refractivity contribution >= 4 is 40.7 Å². The van der Waals surface area contributed by atoms with E-state index in [-0.39, 0.29) is 17.4 Å². The first kappa shape index (κ1) is 22.1. The first-order chi connectivity index (χ1) is 14.5. The van der Waals surface area contributed by atoms with Gasteiger partial charge in [-0.15, -0.1) is 10.2 Å². The molecule has 8 heteroatoms. The van der Waals surface area contributed by atoms with Gasteiger partial charge in [0.05, 0.1) is 5.75 Å². The molecule has 3 rings (SSSR count). The minimum Gasteiger partial charge on any atom is -0.411 e. The average molecular weight is 444 g/mol. The second-order valence-electron chi connectivity index (χ2n) is 6.67. The number of thioether (sulfide) groups is 1. The standard InChI is InChI=1S/C22H22ClN3O3S/c1-2-3-4-5-20(28)24-18-12-8-15(9-13-18)19(27)14-30-22-26-25-21(29-22)16-6-10-17(23)11-7-16/h6-13H,2-5,14H2,1H3,(H,24,28). The van der Waals surface area contributed by atoms with E-state index in [1.165, 1.54) is 11.8 Å². The van der Waals surface area contributed by atoms with Gasteiger partial charge < -0.3 is 9.73 Å². The number of rotatable bonds is 10. The Morgan fingerprint density at radius 2 is 1.77 bits per heavy atom. The molecule has 6 nitrogen and oxygen atoms in total. The molecule has 3 aromatic rings. The number of unbranched alkanes of at least 4 members (excludes halogenated alkanes) is 2. The van der Waals surface area contributed by atoms with Crippen LogP contribution < -0.4 is 5.32 Å². The summed E-state index contributed by atoms with van der Waals surface area (Å²) in [5, 5.41) is 11.8. The first-order valence-electron chi connectivity index (χ1n) is 9.70. The zero-order chi connectivity index (χ0) is 21.3. The van der Waals surface area contributed by atoms with Gasteiger partial charge in [0.15, 0.2) is 5.78 Å². The molecule has 1 amide bonds. The van der Waals surface area contributed by atoms with E-state index in [1.807, 2.05) is 0 Å². The fourth-order valence-corrected chi connectivity index (χ4v) is 3.47. The third kappa shape index (κ3) is 6.43. The molecule has 0 saturated heterocycles. The number of nitrogens with zero attached hydrogens (tertiary/aromatic N) is 2. The van der Waals surface area contributed by atoms with Crippen LogP contribution in [0, 0.1) is 0 Å². The molecule has 0 aliphatic heterocycles. The third-order valence-corrected chi connectivity index (χ3v) is 5.39. The van der Waals surface area contributed by atoms with Crippen LogP contribution in [0.1, 0.15) is 43.0 Å². The Kier molecular flexibility index (Phi) is 8.04. The highest BCUT2D eigenvalue weighted by Gasteiger charge is 2.13. The van der Waals surface area contributed by atoms with E-state index < -0.39 is 0 Å². The van der Waals surface area contributed by atoms with E-state index in [0.29, 0.717) is 33.8 Å². The van der Waals surface area contributed by atoms with Gasteiger partial charge in [0.1, 0.15) is 0 Å². The predicted octanol–water partition coefficient (Wildman–Crippen LogP) is 5.88. The monoisotopic (exact) mass is 443 g/mol. The van der Waals surface area contributed by atoms with Crippen LogP contribution in [0.25, 0.3) is 11.5 Å². The van der Waals surface area contributed by atoms with Crippen molar-refractivity contribution in [1.29, 1.82) is 0 Å². The molecule has 156 valence electrons. The number of benzene rings is 2. The van der Waals surface area contributed by atoms with Gasteiger partial charge in [-0.2, -0.15) is 0 Å². The molecular weight excluding hydrogens is 422 g/mol. The maximum absolute atomic E-state index is 12.4. The molecule has 0 bridgehead atoms. The first-order valence-corrected chi connectivity index (χ1v) is 11.1. The molecule has 0 unspecified atom stereocenters. The van der Waals surface area contributed by atoms with Crippen LogP contribution in [-0.4, -0.2) is 27.6 Å². The SMILES string of the molecule is CCCCCC(=O)Nc1ccc(C(=O)CSc2nnc(-c3ccc(Cl)cc3)o2)cc1. The van der Waals surface area contributed by atoms with Gasteiger partial charge in [-0.25, -0.2) is 0 Å². The van der Waals surface area contributed by atoms with Crippen molar-refractivity contribution in [3.63, 3.8) is 0 Å². The summed E-state index contributed by atoms with van der Waals surface area (Å²) in [6.07, 6.45) is 3.51. The van der Waals surface area contributed by atoms with E-state index in [1.54, 1.807) is 48.5 Å². The second-order valence-corrected chi connectivity index (χ2v) is 8.04. The number of amides is 1. The van der Waals surface area contributed by atoms with E-state index in [9.17, 15) is 9.59 Å². The van der Waals surface area contributed by atoms with Crippen molar-refractivity contribution in [1.82, 2.24) is 10.2 Å². The van der Waals surface area contributed by atoms with Crippen LogP contribution in [0.4, 0.5) is 5.69 Å². The number of halogens is 1. The average Bonchev–Trinajstić information content (AvgIpc) is 3.22. The fourth-order valence-electron chi connectivity index (χ4n) is 2.69. The zero-order valence-corrected chi connectivity index (χ0v) is 18.1. The lowest BCUT2D eigenvalue weighted by atomic mass is 10.1. The second kappa shape index (κ2) is 10.9. The molecule has 0 fully saturated rings. The van der Waals surface area contributed by atoms with Gasteiger partial charge in [-0.05, 0) is 55.0 Å². The maximum atomic E-state index is 12.4. The molecule has 0 aliphatic rings. The summed E-state index contributed by atoms with van der Waals surface area (Å²) in [4.78, 5) is 24.3. The topological polar surface area (TPSA) is 85.1 Å². The van der Waals surface area contributed by atoms with Crippen LogP contribution in [-0.2, 0) is 4.79 Å². The van der Waals surface area contributed by atoms with Gasteiger partial charge in [0.2, 0.25) is 11.8 Å². The predicted molar refractivity (Wildman–Crippen MR) is 119 cm³/mol. The summed E-state index contributed by atoms with van der Waals surface area (Å²) in [6.45, 7) is 2.10. The summed E-state index contributed by atoms with van der Waals surface area (Å²) >= 11 is 7.06. The maximum Gasteiger partial charge on any atom is 0.277 e. The van der Waals surface area contributed by atoms with Crippen LogP contribution in [0.2, 0.25) is 5.02 Å². The highest BCUT2D eigenvalue weighted by atomic mass is 35.5. The van der Waals surface area contributed by atoms with E-state index >= 15 is 0 Å². The summed E-state index contributed by atoms with van der Waals surface area (Å²) < 4.78 is 5.60. The molecule has 30 heavy (non-hydrogen) atoms. The molecular formula is C22H22ClN3O3S. The van der Waals surface area contributed by atoms with Crippen LogP contribution in [0.5, 0.6) is 0 Å². The Morgan fingerprint density at radius 1 is 1.03 bits per heavy atom. The Hall–Kier alpha value is -2.64. The lowest BCUT2D eigenvalue weighted by Gasteiger charge is -2.06. The minimum atomic E-state index is -0.0629. The number of hydrogen-bond donors (Lipinski definition) is 1. The number of nitrogens with one attached hydrogen (secondary N) is 1. The highest BCUT2D eigenvalue weighted by Crippen LogP contribution is 2.25. The van der Waals surface area contributed by atoms with Gasteiger partial charge in [0.25, 0.3) is 5.22 Å². The molecule has 2 aromatic carbocycles. The van der Waals surface area contributed by atoms with Gasteiger partial charge in [0, 0.05) is 28.3 Å². The van der Waals surface area contributed by atoms with Crippen molar-refractivity contribution in [2.75, 3.05) is 11.1 Å². The Bertz CT molecular complexity index is 988. The third-order valence-electron chi connectivity index (χ3n) is 4.32. The Balaban J connectivity index is 1.50. The molecule has 0 saturated carbocycles. The highest BCUT2D eigenvalue weighted by molar-refractivity contribution is 7.99. The Labute approximate surface area is 184 Å². The zero-order valence-electron chi connectivity index (χ0n) is 16.6. The summed E-state index contributed by atoms with van der Waals surface area (Å²) in [5.74, 6) is 0.476. The molecule has 1 aromatic heterocycles. The van der Waals surface area contributed by atoms with Crippen molar-refractivity contribution in [3.05, 3.63) is 59.1 Å². The number of carbonyl (C=O) groups is 2. The molecule has 1 N–H and O–H groups in total. The molecule has 0 radical (unpaired) electrons. The number of Topliss-reactive ketones (excluding diaryl/α,β-unsaturated/α-hetero) is 1. The molecule has 0 spiro atoms. The van der Waals surface area contributed by atoms with E-state index in [0.717, 1.165) is 24.8 Å². The lowest BCUT2D eigenvalue weighted by Crippen LogP contribution is -2.11. The number of hydrogen-bond acceptors (Lipinski definition) is 6. The van der Waals surface area contributed by atoms with Crippen molar-refractivity contribution in [2.24, 2.45) is 0 Å². The number of ketones is 1. The van der Waals surface area contributed by atoms with Gasteiger partial charge in [-0.1, -0.05) is 43.1 Å². The van der Waals surface area contributed by atoms with E-state index in [4.69, 9.17) is 16.0 Å². The fraction of sp³-hybridized carbons (Fsp3) is 0.273. The molecule has 0 atom stereocenters. The summed E-state index contributed by atoms with van der Waals surface area (Å²) in [6, 6.07) is 14.0. The number of anilines is 1. The number of carbonyl (C=O) groups excluding carboxylic acids is 2. The molecule has 0 aliphatic carbocycles. The minimum absolute atomic E-state index is 0.00836. The lowest BCUT2D eigenvalue weighted by molar-refractivity contribution is -0.116. The molecule has 1 heterocycles. The quantitative estimate of drug-likeness (QED) is 0.239. The van der Waals surface area contributed by atoms with Crippen LogP contribution in [0.15, 0.2) is 58.2 Å².